The Balaban J connectivity index is 2.23. The van der Waals surface area contributed by atoms with Crippen LogP contribution in [0.1, 0.15) is 30.2 Å². The van der Waals surface area contributed by atoms with Crippen LogP contribution in [-0.4, -0.2) is 15.7 Å². The van der Waals surface area contributed by atoms with Crippen LogP contribution in [0.15, 0.2) is 30.5 Å². The maximum atomic E-state index is 11.2. The molecule has 5 N–H and O–H groups in total. The van der Waals surface area contributed by atoms with Gasteiger partial charge in [0.1, 0.15) is 0 Å². The molecule has 0 aliphatic heterocycles. The van der Waals surface area contributed by atoms with E-state index in [-0.39, 0.29) is 0 Å². The van der Waals surface area contributed by atoms with Crippen LogP contribution < -0.4 is 16.8 Å². The van der Waals surface area contributed by atoms with Crippen molar-refractivity contribution in [3.8, 4) is 0 Å². The first-order valence-electron chi connectivity index (χ1n) is 5.99. The van der Waals surface area contributed by atoms with Gasteiger partial charge in [-0.1, -0.05) is 0 Å². The van der Waals surface area contributed by atoms with Crippen molar-refractivity contribution in [2.45, 2.75) is 19.9 Å². The predicted octanol–water partition coefficient (Wildman–Crippen LogP) is 1.89. The summed E-state index contributed by atoms with van der Waals surface area (Å²) >= 11 is 0. The highest BCUT2D eigenvalue weighted by Crippen LogP contribution is 2.21. The molecule has 0 bridgehead atoms. The van der Waals surface area contributed by atoms with Crippen LogP contribution >= 0.6 is 0 Å². The fraction of sp³-hybridized carbons (Fsp3) is 0.231. The van der Waals surface area contributed by atoms with Gasteiger partial charge < -0.3 is 16.8 Å². The third-order valence-electron chi connectivity index (χ3n) is 2.73. The lowest BCUT2D eigenvalue weighted by Crippen LogP contribution is -2.13. The van der Waals surface area contributed by atoms with Gasteiger partial charge in [0, 0.05) is 29.7 Å². The van der Waals surface area contributed by atoms with E-state index in [1.54, 1.807) is 18.2 Å². The molecule has 2 rings (SSSR count). The minimum absolute atomic E-state index is 0.295. The van der Waals surface area contributed by atoms with Gasteiger partial charge in [0.05, 0.1) is 5.56 Å². The van der Waals surface area contributed by atoms with E-state index >= 15 is 0 Å². The van der Waals surface area contributed by atoms with Crippen LogP contribution in [-0.2, 0) is 0 Å². The molecule has 1 heterocycles. The van der Waals surface area contributed by atoms with Crippen molar-refractivity contribution in [1.29, 1.82) is 0 Å². The Morgan fingerprint density at radius 1 is 1.37 bits per heavy atom. The Morgan fingerprint density at radius 3 is 2.68 bits per heavy atom. The highest BCUT2D eigenvalue weighted by atomic mass is 16.1. The maximum Gasteiger partial charge on any atom is 0.250 e. The average molecular weight is 259 g/mol. The van der Waals surface area contributed by atoms with E-state index < -0.39 is 5.91 Å². The molecular formula is C13H17N5O. The first-order valence-corrected chi connectivity index (χ1v) is 5.99. The minimum atomic E-state index is -0.547. The summed E-state index contributed by atoms with van der Waals surface area (Å²) in [5, 5.41) is 7.47. The molecule has 1 amide bonds. The average Bonchev–Trinajstić information content (AvgIpc) is 2.80. The Labute approximate surface area is 111 Å². The van der Waals surface area contributed by atoms with Gasteiger partial charge in [-0.05, 0) is 32.0 Å². The van der Waals surface area contributed by atoms with Gasteiger partial charge in [-0.2, -0.15) is 5.10 Å². The summed E-state index contributed by atoms with van der Waals surface area (Å²) < 4.78 is 1.84. The second-order valence-corrected chi connectivity index (χ2v) is 4.57. The van der Waals surface area contributed by atoms with Crippen molar-refractivity contribution in [3.05, 3.63) is 36.0 Å². The number of carbonyl (C=O) groups is 1. The van der Waals surface area contributed by atoms with Gasteiger partial charge in [-0.15, -0.1) is 0 Å². The fourth-order valence-electron chi connectivity index (χ4n) is 1.69. The van der Waals surface area contributed by atoms with Crippen LogP contribution in [0.25, 0.3) is 0 Å². The summed E-state index contributed by atoms with van der Waals surface area (Å²) in [4.78, 5) is 11.2. The summed E-state index contributed by atoms with van der Waals surface area (Å²) in [5.74, 6) is 0.155. The molecule has 0 fully saturated rings. The van der Waals surface area contributed by atoms with Crippen molar-refractivity contribution in [2.24, 2.45) is 5.73 Å². The first-order chi connectivity index (χ1) is 8.97. The third kappa shape index (κ3) is 2.85. The van der Waals surface area contributed by atoms with E-state index in [1.165, 1.54) is 0 Å². The van der Waals surface area contributed by atoms with Gasteiger partial charge in [0.2, 0.25) is 0 Å². The molecule has 0 spiro atoms. The zero-order valence-corrected chi connectivity index (χ0v) is 10.9. The number of primary amides is 1. The molecule has 0 unspecified atom stereocenters. The second-order valence-electron chi connectivity index (χ2n) is 4.57. The highest BCUT2D eigenvalue weighted by Gasteiger charge is 2.08. The second kappa shape index (κ2) is 5.01. The molecule has 6 nitrogen and oxygen atoms in total. The summed E-state index contributed by atoms with van der Waals surface area (Å²) in [6.07, 6.45) is 1.89. The summed E-state index contributed by atoms with van der Waals surface area (Å²) in [7, 11) is 0. The topological polar surface area (TPSA) is 99.0 Å². The first kappa shape index (κ1) is 12.9. The zero-order valence-electron chi connectivity index (χ0n) is 10.9. The molecule has 0 radical (unpaired) electrons. The molecule has 1 aromatic heterocycles. The largest absolute Gasteiger partial charge is 0.398 e. The number of hydrogen-bond donors (Lipinski definition) is 3. The Kier molecular flexibility index (Phi) is 3.41. The van der Waals surface area contributed by atoms with E-state index in [0.29, 0.717) is 23.1 Å². The minimum Gasteiger partial charge on any atom is -0.398 e. The molecule has 6 heteroatoms. The van der Waals surface area contributed by atoms with Crippen molar-refractivity contribution in [2.75, 3.05) is 11.1 Å². The van der Waals surface area contributed by atoms with Crippen molar-refractivity contribution in [1.82, 2.24) is 9.78 Å². The van der Waals surface area contributed by atoms with Gasteiger partial charge in [0.15, 0.2) is 5.82 Å². The molecule has 0 aliphatic rings. The Morgan fingerprint density at radius 2 is 2.11 bits per heavy atom. The number of carbonyl (C=O) groups excluding carboxylic acids is 1. The molecule has 1 aromatic carbocycles. The van der Waals surface area contributed by atoms with Crippen LogP contribution in [0, 0.1) is 0 Å². The van der Waals surface area contributed by atoms with Crippen LogP contribution in [0.2, 0.25) is 0 Å². The predicted molar refractivity (Wildman–Crippen MR) is 75.3 cm³/mol. The van der Waals surface area contributed by atoms with E-state index in [4.69, 9.17) is 11.5 Å². The number of nitrogen functional groups attached to an aromatic ring is 1. The molecule has 19 heavy (non-hydrogen) atoms. The van der Waals surface area contributed by atoms with Crippen LogP contribution in [0.4, 0.5) is 17.2 Å². The number of nitrogens with one attached hydrogen (secondary N) is 1. The number of aromatic nitrogens is 2. The number of nitrogens with zero attached hydrogens (tertiary/aromatic N) is 2. The highest BCUT2D eigenvalue weighted by molar-refractivity contribution is 5.99. The van der Waals surface area contributed by atoms with Crippen molar-refractivity contribution in [3.63, 3.8) is 0 Å². The summed E-state index contributed by atoms with van der Waals surface area (Å²) in [5.41, 5.74) is 12.3. The zero-order chi connectivity index (χ0) is 14.0. The molecule has 0 aliphatic carbocycles. The molecule has 0 saturated heterocycles. The van der Waals surface area contributed by atoms with E-state index in [2.05, 4.69) is 10.4 Å². The quantitative estimate of drug-likeness (QED) is 0.730. The lowest BCUT2D eigenvalue weighted by molar-refractivity contribution is 0.100. The van der Waals surface area contributed by atoms with Crippen molar-refractivity contribution < 1.29 is 4.79 Å². The SMILES string of the molecule is CC(C)n1ccc(Nc2ccc(N)c(C(N)=O)c2)n1. The Bertz CT molecular complexity index is 603. The van der Waals surface area contributed by atoms with Gasteiger partial charge >= 0.3 is 0 Å². The molecule has 100 valence electrons. The standard InChI is InChI=1S/C13H17N5O/c1-8(2)18-6-5-12(17-18)16-9-3-4-11(14)10(7-9)13(15)19/h3-8H,14H2,1-2H3,(H2,15,19)(H,16,17). The van der Waals surface area contributed by atoms with Crippen LogP contribution in [0.5, 0.6) is 0 Å². The maximum absolute atomic E-state index is 11.2. The Hall–Kier alpha value is -2.50. The number of rotatable bonds is 4. The summed E-state index contributed by atoms with van der Waals surface area (Å²) in [6.45, 7) is 4.09. The van der Waals surface area contributed by atoms with Gasteiger partial charge in [0.25, 0.3) is 5.91 Å². The number of amides is 1. The smallest absolute Gasteiger partial charge is 0.250 e. The molecular weight excluding hydrogens is 242 g/mol. The number of nitrogens with two attached hydrogens (primary N) is 2. The fourth-order valence-corrected chi connectivity index (χ4v) is 1.69. The number of hydrogen-bond acceptors (Lipinski definition) is 4. The van der Waals surface area contributed by atoms with E-state index in [0.717, 1.165) is 5.69 Å². The van der Waals surface area contributed by atoms with Crippen LogP contribution in [0.3, 0.4) is 0 Å². The normalized spacial score (nSPS) is 10.7. The number of anilines is 3. The number of benzene rings is 1. The van der Waals surface area contributed by atoms with E-state index in [1.807, 2.05) is 30.8 Å². The van der Waals surface area contributed by atoms with Crippen molar-refractivity contribution >= 4 is 23.1 Å². The lowest BCUT2D eigenvalue weighted by atomic mass is 10.1. The molecule has 0 atom stereocenters. The summed E-state index contributed by atoms with van der Waals surface area (Å²) in [6, 6.07) is 7.19. The van der Waals surface area contributed by atoms with Gasteiger partial charge in [-0.3, -0.25) is 9.48 Å². The lowest BCUT2D eigenvalue weighted by Gasteiger charge is -2.07. The molecule has 0 saturated carbocycles. The van der Waals surface area contributed by atoms with E-state index in [9.17, 15) is 4.79 Å². The molecule has 2 aromatic rings. The third-order valence-corrected chi connectivity index (χ3v) is 2.73. The van der Waals surface area contributed by atoms with Gasteiger partial charge in [-0.25, -0.2) is 0 Å². The monoisotopic (exact) mass is 259 g/mol.